The van der Waals surface area contributed by atoms with Gasteiger partial charge in [0.1, 0.15) is 12.4 Å². The summed E-state index contributed by atoms with van der Waals surface area (Å²) in [6.07, 6.45) is 6.29. The maximum absolute atomic E-state index is 5.96. The molecule has 1 aromatic rings. The summed E-state index contributed by atoms with van der Waals surface area (Å²) in [5, 5.41) is 0. The van der Waals surface area contributed by atoms with Crippen LogP contribution in [-0.2, 0) is 0 Å². The van der Waals surface area contributed by atoms with Crippen molar-refractivity contribution >= 4 is 0 Å². The van der Waals surface area contributed by atoms with Gasteiger partial charge >= 0.3 is 0 Å². The highest BCUT2D eigenvalue weighted by atomic mass is 16.5. The monoisotopic (exact) mass is 176 g/mol. The lowest BCUT2D eigenvalue weighted by Crippen LogP contribution is -2.12. The highest BCUT2D eigenvalue weighted by Gasteiger charge is 2.32. The molecule has 0 saturated heterocycles. The molecule has 0 amide bonds. The van der Waals surface area contributed by atoms with Crippen LogP contribution in [0.15, 0.2) is 12.4 Å². The van der Waals surface area contributed by atoms with Gasteiger partial charge in [0.2, 0.25) is 0 Å². The van der Waals surface area contributed by atoms with E-state index < -0.39 is 0 Å². The van der Waals surface area contributed by atoms with Gasteiger partial charge in [-0.1, -0.05) is 0 Å². The fourth-order valence-electron chi connectivity index (χ4n) is 1.96. The van der Waals surface area contributed by atoms with E-state index in [4.69, 9.17) is 10.5 Å². The van der Waals surface area contributed by atoms with Crippen molar-refractivity contribution in [3.8, 4) is 5.75 Å². The molecular weight excluding hydrogens is 164 g/mol. The molecule has 1 unspecified atom stereocenters. The Hall–Kier alpha value is -1.09. The van der Waals surface area contributed by atoms with E-state index in [2.05, 4.69) is 4.98 Å². The fraction of sp³-hybridized carbons (Fsp3) is 0.500. The average molecular weight is 176 g/mol. The van der Waals surface area contributed by atoms with Crippen LogP contribution < -0.4 is 10.5 Å². The standard InChI is InChI=1S/C10H12N2O/c11-8-5-13-9-4-12-3-7(10(8)9)6-1-2-6/h3-4,6,8H,1-2,5,11H2. The molecule has 0 bridgehead atoms. The van der Waals surface area contributed by atoms with E-state index in [0.717, 1.165) is 5.75 Å². The number of aromatic nitrogens is 1. The number of rotatable bonds is 1. The van der Waals surface area contributed by atoms with Crippen LogP contribution >= 0.6 is 0 Å². The molecule has 2 heterocycles. The Bertz CT molecular complexity index is 347. The first-order chi connectivity index (χ1) is 6.36. The number of ether oxygens (including phenoxy) is 1. The maximum atomic E-state index is 5.96. The molecule has 3 rings (SSSR count). The molecule has 1 fully saturated rings. The average Bonchev–Trinajstić information content (AvgIpc) is 2.92. The molecule has 1 aliphatic carbocycles. The van der Waals surface area contributed by atoms with Crippen molar-refractivity contribution in [1.82, 2.24) is 4.98 Å². The van der Waals surface area contributed by atoms with E-state index in [1.54, 1.807) is 6.20 Å². The van der Waals surface area contributed by atoms with Crippen LogP contribution in [0.2, 0.25) is 0 Å². The first-order valence-corrected chi connectivity index (χ1v) is 4.72. The van der Waals surface area contributed by atoms with E-state index in [1.807, 2.05) is 6.20 Å². The van der Waals surface area contributed by atoms with E-state index in [0.29, 0.717) is 12.5 Å². The summed E-state index contributed by atoms with van der Waals surface area (Å²) < 4.78 is 5.44. The predicted molar refractivity (Wildman–Crippen MR) is 48.6 cm³/mol. The largest absolute Gasteiger partial charge is 0.490 e. The first kappa shape index (κ1) is 7.33. The van der Waals surface area contributed by atoms with Crippen LogP contribution in [-0.4, -0.2) is 11.6 Å². The fourth-order valence-corrected chi connectivity index (χ4v) is 1.96. The summed E-state index contributed by atoms with van der Waals surface area (Å²) >= 11 is 0. The van der Waals surface area contributed by atoms with Gasteiger partial charge < -0.3 is 10.5 Å². The summed E-state index contributed by atoms with van der Waals surface area (Å²) in [5.74, 6) is 1.60. The molecule has 2 N–H and O–H groups in total. The number of hydrogen-bond acceptors (Lipinski definition) is 3. The van der Waals surface area contributed by atoms with Crippen molar-refractivity contribution in [1.29, 1.82) is 0 Å². The lowest BCUT2D eigenvalue weighted by Gasteiger charge is -2.06. The molecule has 13 heavy (non-hydrogen) atoms. The minimum absolute atomic E-state index is 0.0635. The van der Waals surface area contributed by atoms with Crippen LogP contribution in [0.1, 0.15) is 35.9 Å². The molecule has 1 aromatic heterocycles. The first-order valence-electron chi connectivity index (χ1n) is 4.72. The zero-order chi connectivity index (χ0) is 8.84. The van der Waals surface area contributed by atoms with Gasteiger partial charge in [-0.3, -0.25) is 4.98 Å². The van der Waals surface area contributed by atoms with Crippen LogP contribution in [0.5, 0.6) is 5.75 Å². The lowest BCUT2D eigenvalue weighted by molar-refractivity contribution is 0.332. The van der Waals surface area contributed by atoms with E-state index in [9.17, 15) is 0 Å². The maximum Gasteiger partial charge on any atom is 0.142 e. The van der Waals surface area contributed by atoms with Crippen LogP contribution in [0, 0.1) is 0 Å². The third kappa shape index (κ3) is 1.04. The number of nitrogens with two attached hydrogens (primary N) is 1. The van der Waals surface area contributed by atoms with Crippen molar-refractivity contribution in [3.05, 3.63) is 23.5 Å². The van der Waals surface area contributed by atoms with Gasteiger partial charge in [0.05, 0.1) is 12.2 Å². The summed E-state index contributed by atoms with van der Waals surface area (Å²) in [7, 11) is 0. The second-order valence-electron chi connectivity index (χ2n) is 3.83. The molecule has 0 radical (unpaired) electrons. The number of nitrogens with zero attached hydrogens (tertiary/aromatic N) is 1. The molecule has 3 nitrogen and oxygen atoms in total. The quantitative estimate of drug-likeness (QED) is 0.702. The van der Waals surface area contributed by atoms with Crippen molar-refractivity contribution in [2.24, 2.45) is 5.73 Å². The molecule has 1 atom stereocenters. The summed E-state index contributed by atoms with van der Waals surface area (Å²) in [6, 6.07) is 0.0635. The van der Waals surface area contributed by atoms with Gasteiger partial charge in [0.25, 0.3) is 0 Å². The zero-order valence-corrected chi connectivity index (χ0v) is 7.36. The normalized spacial score (nSPS) is 25.5. The van der Waals surface area contributed by atoms with E-state index in [-0.39, 0.29) is 6.04 Å². The lowest BCUT2D eigenvalue weighted by atomic mass is 10.0. The Labute approximate surface area is 76.9 Å². The smallest absolute Gasteiger partial charge is 0.142 e. The number of hydrogen-bond donors (Lipinski definition) is 1. The Balaban J connectivity index is 2.14. The Kier molecular flexibility index (Phi) is 1.38. The van der Waals surface area contributed by atoms with Crippen LogP contribution in [0.25, 0.3) is 0 Å². The van der Waals surface area contributed by atoms with Gasteiger partial charge in [-0.25, -0.2) is 0 Å². The molecule has 0 aromatic carbocycles. The minimum Gasteiger partial charge on any atom is -0.490 e. The van der Waals surface area contributed by atoms with Crippen molar-refractivity contribution in [2.45, 2.75) is 24.8 Å². The predicted octanol–water partition coefficient (Wildman–Crippen LogP) is 1.35. The second kappa shape index (κ2) is 2.45. The number of pyridine rings is 1. The van der Waals surface area contributed by atoms with Gasteiger partial charge in [-0.15, -0.1) is 0 Å². The molecule has 68 valence electrons. The van der Waals surface area contributed by atoms with Crippen molar-refractivity contribution in [2.75, 3.05) is 6.61 Å². The second-order valence-corrected chi connectivity index (χ2v) is 3.83. The van der Waals surface area contributed by atoms with Crippen LogP contribution in [0.4, 0.5) is 0 Å². The van der Waals surface area contributed by atoms with Crippen LogP contribution in [0.3, 0.4) is 0 Å². The third-order valence-electron chi connectivity index (χ3n) is 2.79. The molecule has 2 aliphatic rings. The third-order valence-corrected chi connectivity index (χ3v) is 2.79. The minimum atomic E-state index is 0.0635. The molecule has 0 spiro atoms. The zero-order valence-electron chi connectivity index (χ0n) is 7.36. The van der Waals surface area contributed by atoms with Gasteiger partial charge in [-0.2, -0.15) is 0 Å². The highest BCUT2D eigenvalue weighted by molar-refractivity contribution is 5.45. The van der Waals surface area contributed by atoms with Gasteiger partial charge in [0, 0.05) is 11.8 Å². The summed E-state index contributed by atoms with van der Waals surface area (Å²) in [5.41, 5.74) is 8.49. The topological polar surface area (TPSA) is 48.1 Å². The van der Waals surface area contributed by atoms with Crippen molar-refractivity contribution in [3.63, 3.8) is 0 Å². The van der Waals surface area contributed by atoms with Crippen molar-refractivity contribution < 1.29 is 4.74 Å². The molecule has 1 aliphatic heterocycles. The number of fused-ring (bicyclic) bond motifs is 1. The Morgan fingerprint density at radius 2 is 2.23 bits per heavy atom. The molecule has 3 heteroatoms. The Morgan fingerprint density at radius 1 is 1.38 bits per heavy atom. The van der Waals surface area contributed by atoms with Gasteiger partial charge in [0.15, 0.2) is 0 Å². The Morgan fingerprint density at radius 3 is 3.00 bits per heavy atom. The summed E-state index contributed by atoms with van der Waals surface area (Å²) in [6.45, 7) is 0.612. The van der Waals surface area contributed by atoms with E-state index >= 15 is 0 Å². The van der Waals surface area contributed by atoms with Gasteiger partial charge in [-0.05, 0) is 24.3 Å². The SMILES string of the molecule is NC1COc2cncc(C3CC3)c21. The highest BCUT2D eigenvalue weighted by Crippen LogP contribution is 2.46. The van der Waals surface area contributed by atoms with E-state index in [1.165, 1.54) is 24.0 Å². The summed E-state index contributed by atoms with van der Waals surface area (Å²) in [4.78, 5) is 4.17. The molecule has 1 saturated carbocycles. The molecular formula is C10H12N2O.